The minimum absolute atomic E-state index is 0.741. The van der Waals surface area contributed by atoms with Gasteiger partial charge in [0.15, 0.2) is 18.9 Å². The summed E-state index contributed by atoms with van der Waals surface area (Å²) in [6.07, 6.45) is -25.1. The molecule has 3 rings (SSSR count). The fourth-order valence-corrected chi connectivity index (χ4v) is 4.06. The Kier molecular flexibility index (Phi) is 9.54. The minimum atomic E-state index is -1.91. The molecule has 3 aliphatic rings. The molecule has 0 amide bonds. The summed E-state index contributed by atoms with van der Waals surface area (Å²) in [6, 6.07) is 0. The first kappa shape index (κ1) is 27.9. The van der Waals surface area contributed by atoms with Crippen molar-refractivity contribution in [1.29, 1.82) is 0 Å². The first-order valence-corrected chi connectivity index (χ1v) is 10.6. The van der Waals surface area contributed by atoms with Gasteiger partial charge >= 0.3 is 0 Å². The maximum atomic E-state index is 10.6. The summed E-state index contributed by atoms with van der Waals surface area (Å²) < 4.78 is 26.4. The predicted octanol–water partition coefficient (Wildman–Crippen LogP) is -7.57. The summed E-state index contributed by atoms with van der Waals surface area (Å²) in [4.78, 5) is 0. The first-order valence-electron chi connectivity index (χ1n) is 10.6. The van der Waals surface area contributed by atoms with Gasteiger partial charge in [-0.1, -0.05) is 0 Å². The zero-order valence-corrected chi connectivity index (χ0v) is 17.7. The molecule has 0 saturated carbocycles. The van der Waals surface area contributed by atoms with Gasteiger partial charge in [-0.3, -0.25) is 0 Å². The highest BCUT2D eigenvalue weighted by Crippen LogP contribution is 2.32. The first-order chi connectivity index (χ1) is 16.0. The quantitative estimate of drug-likeness (QED) is 0.154. The van der Waals surface area contributed by atoms with Gasteiger partial charge in [0.05, 0.1) is 19.8 Å². The molecule has 0 bridgehead atoms. The van der Waals surface area contributed by atoms with Crippen LogP contribution in [0.1, 0.15) is 0 Å². The standard InChI is InChI=1S/C18H32O16/c19-1-4-7(22)8(23)12(27)17(31-4)34-15-6(3-21)32-18(13(28)10(15)25)33-14-5(2-20)30-16(29)11(26)9(14)24/h4-29H,1-3H2/t4-,5-,6-,7-,8+,9-,10-,11-,12-,13-,14+,15+,16-,17-,18+/m1/s1. The Hall–Kier alpha value is -0.640. The second kappa shape index (κ2) is 11.6. The monoisotopic (exact) mass is 504 g/mol. The van der Waals surface area contributed by atoms with E-state index in [2.05, 4.69) is 0 Å². The van der Waals surface area contributed by atoms with Crippen LogP contribution in [-0.2, 0) is 23.7 Å². The van der Waals surface area contributed by atoms with Crippen molar-refractivity contribution in [3.8, 4) is 0 Å². The van der Waals surface area contributed by atoms with Crippen LogP contribution in [0.3, 0.4) is 0 Å². The fourth-order valence-electron chi connectivity index (χ4n) is 4.06. The molecule has 3 aliphatic heterocycles. The zero-order valence-electron chi connectivity index (χ0n) is 17.7. The number of rotatable bonds is 7. The van der Waals surface area contributed by atoms with E-state index in [4.69, 9.17) is 23.7 Å². The molecule has 16 heteroatoms. The van der Waals surface area contributed by atoms with E-state index in [1.54, 1.807) is 0 Å². The van der Waals surface area contributed by atoms with E-state index in [0.29, 0.717) is 0 Å². The largest absolute Gasteiger partial charge is 0.394 e. The summed E-state index contributed by atoms with van der Waals surface area (Å²) in [5.74, 6) is 0. The maximum absolute atomic E-state index is 10.6. The Morgan fingerprint density at radius 2 is 0.853 bits per heavy atom. The number of hydrogen-bond donors (Lipinski definition) is 11. The minimum Gasteiger partial charge on any atom is -0.394 e. The summed E-state index contributed by atoms with van der Waals surface area (Å²) >= 11 is 0. The third-order valence-electron chi connectivity index (χ3n) is 6.09. The molecule has 200 valence electrons. The van der Waals surface area contributed by atoms with Crippen LogP contribution in [-0.4, -0.2) is 168 Å². The Morgan fingerprint density at radius 3 is 1.35 bits per heavy atom. The zero-order chi connectivity index (χ0) is 25.3. The molecule has 15 atom stereocenters. The van der Waals surface area contributed by atoms with Gasteiger partial charge in [0.2, 0.25) is 0 Å². The van der Waals surface area contributed by atoms with E-state index < -0.39 is 112 Å². The molecule has 0 aliphatic carbocycles. The van der Waals surface area contributed by atoms with Crippen molar-refractivity contribution in [2.75, 3.05) is 19.8 Å². The maximum Gasteiger partial charge on any atom is 0.187 e. The average Bonchev–Trinajstić information content (AvgIpc) is 2.83. The van der Waals surface area contributed by atoms with E-state index in [1.165, 1.54) is 0 Å². The van der Waals surface area contributed by atoms with Crippen molar-refractivity contribution in [2.45, 2.75) is 92.1 Å². The smallest absolute Gasteiger partial charge is 0.187 e. The summed E-state index contributed by atoms with van der Waals surface area (Å²) in [6.45, 7) is -2.32. The SMILES string of the molecule is OC[C@H]1O[C@H](O[C@@H]2[C@H](O)[C@@H](O)[C@H](O[C@@H]3[C@H](O)[C@@H](O)[C@H](O)O[C@@H]3CO)O[C@@H]2CO)[C@H](O)[C@@H](O)[C@@H]1O. The van der Waals surface area contributed by atoms with Gasteiger partial charge in [-0.15, -0.1) is 0 Å². The lowest BCUT2D eigenvalue weighted by Gasteiger charge is -2.47. The van der Waals surface area contributed by atoms with Gasteiger partial charge in [0.25, 0.3) is 0 Å². The van der Waals surface area contributed by atoms with Crippen LogP contribution in [0.15, 0.2) is 0 Å². The molecule has 0 spiro atoms. The van der Waals surface area contributed by atoms with Crippen LogP contribution >= 0.6 is 0 Å². The molecular formula is C18H32O16. The van der Waals surface area contributed by atoms with E-state index >= 15 is 0 Å². The number of aliphatic hydroxyl groups is 11. The molecule has 0 radical (unpaired) electrons. The molecule has 0 aromatic heterocycles. The molecule has 0 aromatic carbocycles. The molecule has 11 N–H and O–H groups in total. The fraction of sp³-hybridized carbons (Fsp3) is 1.00. The van der Waals surface area contributed by atoms with Crippen LogP contribution in [0.2, 0.25) is 0 Å². The Morgan fingerprint density at radius 1 is 0.441 bits per heavy atom. The molecule has 0 unspecified atom stereocenters. The topological polar surface area (TPSA) is 269 Å². The van der Waals surface area contributed by atoms with E-state index in [9.17, 15) is 56.2 Å². The van der Waals surface area contributed by atoms with Gasteiger partial charge in [0, 0.05) is 0 Å². The van der Waals surface area contributed by atoms with E-state index in [0.717, 1.165) is 0 Å². The third-order valence-corrected chi connectivity index (χ3v) is 6.09. The molecule has 3 saturated heterocycles. The van der Waals surface area contributed by atoms with Crippen LogP contribution in [0.4, 0.5) is 0 Å². The van der Waals surface area contributed by atoms with Crippen LogP contribution in [0, 0.1) is 0 Å². The molecule has 34 heavy (non-hydrogen) atoms. The Balaban J connectivity index is 1.72. The van der Waals surface area contributed by atoms with Crippen molar-refractivity contribution in [2.24, 2.45) is 0 Å². The van der Waals surface area contributed by atoms with Gasteiger partial charge < -0.3 is 79.9 Å². The Bertz CT molecular complexity index is 635. The van der Waals surface area contributed by atoms with Crippen molar-refractivity contribution in [3.05, 3.63) is 0 Å². The molecular weight excluding hydrogens is 472 g/mol. The molecule has 16 nitrogen and oxygen atoms in total. The summed E-state index contributed by atoms with van der Waals surface area (Å²) in [5, 5.41) is 109. The van der Waals surface area contributed by atoms with Crippen LogP contribution in [0.25, 0.3) is 0 Å². The van der Waals surface area contributed by atoms with Gasteiger partial charge in [-0.05, 0) is 0 Å². The van der Waals surface area contributed by atoms with E-state index in [1.807, 2.05) is 0 Å². The normalized spacial score (nSPS) is 52.5. The highest BCUT2D eigenvalue weighted by molar-refractivity contribution is 4.96. The summed E-state index contributed by atoms with van der Waals surface area (Å²) in [7, 11) is 0. The number of aliphatic hydroxyl groups excluding tert-OH is 11. The number of ether oxygens (including phenoxy) is 5. The highest BCUT2D eigenvalue weighted by atomic mass is 16.8. The van der Waals surface area contributed by atoms with Crippen molar-refractivity contribution >= 4 is 0 Å². The van der Waals surface area contributed by atoms with Gasteiger partial charge in [0.1, 0.15) is 73.2 Å². The van der Waals surface area contributed by atoms with Crippen LogP contribution < -0.4 is 0 Å². The molecule has 0 aromatic rings. The lowest BCUT2D eigenvalue weighted by atomic mass is 9.96. The average molecular weight is 504 g/mol. The second-order valence-electron chi connectivity index (χ2n) is 8.33. The number of hydrogen-bond acceptors (Lipinski definition) is 16. The summed E-state index contributed by atoms with van der Waals surface area (Å²) in [5.41, 5.74) is 0. The lowest BCUT2D eigenvalue weighted by Crippen LogP contribution is -2.66. The highest BCUT2D eigenvalue weighted by Gasteiger charge is 2.53. The third kappa shape index (κ3) is 5.37. The van der Waals surface area contributed by atoms with Crippen molar-refractivity contribution in [1.82, 2.24) is 0 Å². The lowest BCUT2D eigenvalue weighted by molar-refractivity contribution is -0.377. The van der Waals surface area contributed by atoms with E-state index in [-0.39, 0.29) is 0 Å². The Labute approximate surface area is 192 Å². The predicted molar refractivity (Wildman–Crippen MR) is 101 cm³/mol. The molecule has 3 heterocycles. The van der Waals surface area contributed by atoms with Crippen molar-refractivity contribution in [3.63, 3.8) is 0 Å². The van der Waals surface area contributed by atoms with Gasteiger partial charge in [-0.25, -0.2) is 0 Å². The second-order valence-corrected chi connectivity index (χ2v) is 8.33. The van der Waals surface area contributed by atoms with Crippen LogP contribution in [0.5, 0.6) is 0 Å². The van der Waals surface area contributed by atoms with Crippen molar-refractivity contribution < 1.29 is 79.9 Å². The van der Waals surface area contributed by atoms with Gasteiger partial charge in [-0.2, -0.15) is 0 Å². The molecule has 3 fully saturated rings.